The molecule has 0 saturated heterocycles. The van der Waals surface area contributed by atoms with E-state index in [0.717, 1.165) is 11.3 Å². The summed E-state index contributed by atoms with van der Waals surface area (Å²) in [5.74, 6) is -0.0860. The quantitative estimate of drug-likeness (QED) is 0.738. The number of carbonyl (C=O) groups excluding carboxylic acids is 1. The minimum Gasteiger partial charge on any atom is -0.287 e. The van der Waals surface area contributed by atoms with Crippen LogP contribution in [-0.4, -0.2) is 5.78 Å². The predicted molar refractivity (Wildman–Crippen MR) is 73.5 cm³/mol. The fraction of sp³-hybridized carbons (Fsp3) is 0.0625. The topological polar surface area (TPSA) is 41.8 Å². The summed E-state index contributed by atoms with van der Waals surface area (Å²) in [7, 11) is 0. The van der Waals surface area contributed by atoms with Crippen LogP contribution in [0.5, 0.6) is 0 Å². The van der Waals surface area contributed by atoms with Crippen LogP contribution in [0.2, 0.25) is 0 Å². The third-order valence-corrected chi connectivity index (χ3v) is 3.04. The average Bonchev–Trinajstić information content (AvgIpc) is 2.70. The third kappa shape index (κ3) is 2.36. The van der Waals surface area contributed by atoms with Crippen LogP contribution in [0.25, 0.3) is 0 Å². The van der Waals surface area contributed by atoms with E-state index in [4.69, 9.17) is 0 Å². The maximum atomic E-state index is 12.3. The number of Topliss-reactive ketones (excluding diaryl/α,β-unsaturated/α-hetero) is 1. The smallest absolute Gasteiger partial charge is 0.212 e. The molecule has 0 fully saturated rings. The van der Waals surface area contributed by atoms with Gasteiger partial charge >= 0.3 is 0 Å². The van der Waals surface area contributed by atoms with E-state index in [1.165, 1.54) is 0 Å². The predicted octanol–water partition coefficient (Wildman–Crippen LogP) is 4.09. The number of nitrogens with zero attached hydrogens (tertiary/aromatic N) is 2. The molecule has 0 radical (unpaired) electrons. The first-order valence-electron chi connectivity index (χ1n) is 6.14. The fourth-order valence-electron chi connectivity index (χ4n) is 2.01. The Kier molecular flexibility index (Phi) is 3.02. The zero-order valence-corrected chi connectivity index (χ0v) is 10.3. The Morgan fingerprint density at radius 3 is 2.47 bits per heavy atom. The highest BCUT2D eigenvalue weighted by Crippen LogP contribution is 2.25. The Morgan fingerprint density at radius 1 is 0.895 bits per heavy atom. The lowest BCUT2D eigenvalue weighted by Crippen LogP contribution is -2.01. The molecule has 0 unspecified atom stereocenters. The van der Waals surface area contributed by atoms with Gasteiger partial charge in [-0.05, 0) is 24.1 Å². The van der Waals surface area contributed by atoms with Crippen LogP contribution in [0.4, 0.5) is 5.69 Å². The number of allylic oxidation sites excluding steroid dienone is 2. The van der Waals surface area contributed by atoms with Crippen LogP contribution in [0.15, 0.2) is 76.6 Å². The van der Waals surface area contributed by atoms with Crippen LogP contribution in [0.3, 0.4) is 0 Å². The summed E-state index contributed by atoms with van der Waals surface area (Å²) in [6, 6.07) is 16.9. The van der Waals surface area contributed by atoms with E-state index in [9.17, 15) is 4.79 Å². The molecular weight excluding hydrogens is 236 g/mol. The van der Waals surface area contributed by atoms with Gasteiger partial charge in [-0.15, -0.1) is 5.11 Å². The lowest BCUT2D eigenvalue weighted by atomic mass is 10.1. The Morgan fingerprint density at radius 2 is 1.63 bits per heavy atom. The minimum absolute atomic E-state index is 0.0860. The second kappa shape index (κ2) is 4.98. The van der Waals surface area contributed by atoms with E-state index in [2.05, 4.69) is 10.2 Å². The summed E-state index contributed by atoms with van der Waals surface area (Å²) >= 11 is 0. The maximum absolute atomic E-state index is 12.3. The van der Waals surface area contributed by atoms with Crippen LogP contribution >= 0.6 is 0 Å². The van der Waals surface area contributed by atoms with Crippen molar-refractivity contribution < 1.29 is 4.79 Å². The van der Waals surface area contributed by atoms with E-state index >= 15 is 0 Å². The van der Waals surface area contributed by atoms with Gasteiger partial charge in [0.1, 0.15) is 5.70 Å². The van der Waals surface area contributed by atoms with Gasteiger partial charge in [0.15, 0.2) is 0 Å². The highest BCUT2D eigenvalue weighted by molar-refractivity contribution is 6.08. The molecule has 3 nitrogen and oxygen atoms in total. The number of benzene rings is 2. The van der Waals surface area contributed by atoms with Crippen molar-refractivity contribution in [2.24, 2.45) is 10.2 Å². The zero-order valence-electron chi connectivity index (χ0n) is 10.3. The normalized spacial score (nSPS) is 13.4. The van der Waals surface area contributed by atoms with Gasteiger partial charge in [0.05, 0.1) is 5.69 Å². The van der Waals surface area contributed by atoms with E-state index in [0.29, 0.717) is 17.7 Å². The van der Waals surface area contributed by atoms with Crippen molar-refractivity contribution in [1.29, 1.82) is 0 Å². The van der Waals surface area contributed by atoms with Gasteiger partial charge in [-0.1, -0.05) is 48.5 Å². The Hall–Kier alpha value is -2.55. The van der Waals surface area contributed by atoms with Gasteiger partial charge < -0.3 is 0 Å². The SMILES string of the molecule is O=C(C1=CCc2ccccc2N=N1)c1ccccc1. The molecule has 2 aromatic rings. The summed E-state index contributed by atoms with van der Waals surface area (Å²) in [6.07, 6.45) is 2.52. The standard InChI is InChI=1S/C16H12N2O/c19-16(13-7-2-1-3-8-13)15-11-10-12-6-4-5-9-14(12)17-18-15/h1-9,11H,10H2. The number of hydrogen-bond donors (Lipinski definition) is 0. The number of rotatable bonds is 2. The van der Waals surface area contributed by atoms with E-state index in [-0.39, 0.29) is 5.78 Å². The molecule has 0 bridgehead atoms. The first kappa shape index (κ1) is 11.5. The number of azo groups is 1. The fourth-order valence-corrected chi connectivity index (χ4v) is 2.01. The first-order valence-corrected chi connectivity index (χ1v) is 6.14. The molecule has 0 saturated carbocycles. The molecule has 0 aromatic heterocycles. The largest absolute Gasteiger partial charge is 0.287 e. The summed E-state index contributed by atoms with van der Waals surface area (Å²) in [4.78, 5) is 12.3. The van der Waals surface area contributed by atoms with E-state index < -0.39 is 0 Å². The number of fused-ring (bicyclic) bond motifs is 1. The molecule has 3 heteroatoms. The number of carbonyl (C=O) groups is 1. The first-order chi connectivity index (χ1) is 9.34. The number of ketones is 1. The molecule has 3 rings (SSSR count). The molecule has 1 aliphatic heterocycles. The van der Waals surface area contributed by atoms with Crippen molar-refractivity contribution in [2.75, 3.05) is 0 Å². The van der Waals surface area contributed by atoms with Crippen LogP contribution in [0, 0.1) is 0 Å². The lowest BCUT2D eigenvalue weighted by molar-refractivity contribution is 0.103. The zero-order chi connectivity index (χ0) is 13.1. The highest BCUT2D eigenvalue weighted by atomic mass is 16.1. The van der Waals surface area contributed by atoms with Crippen LogP contribution < -0.4 is 0 Å². The lowest BCUT2D eigenvalue weighted by Gasteiger charge is -1.98. The van der Waals surface area contributed by atoms with Gasteiger partial charge in [0.25, 0.3) is 0 Å². The summed E-state index contributed by atoms with van der Waals surface area (Å²) in [5, 5.41) is 8.23. The molecule has 92 valence electrons. The van der Waals surface area contributed by atoms with Crippen molar-refractivity contribution in [1.82, 2.24) is 0 Å². The van der Waals surface area contributed by atoms with Crippen molar-refractivity contribution in [3.8, 4) is 0 Å². The van der Waals surface area contributed by atoms with E-state index in [1.807, 2.05) is 48.5 Å². The van der Waals surface area contributed by atoms with Crippen molar-refractivity contribution >= 4 is 11.5 Å². The van der Waals surface area contributed by atoms with Gasteiger partial charge in [-0.25, -0.2) is 0 Å². The molecule has 1 heterocycles. The van der Waals surface area contributed by atoms with Gasteiger partial charge in [-0.3, -0.25) is 4.79 Å². The van der Waals surface area contributed by atoms with E-state index in [1.54, 1.807) is 12.1 Å². The van der Waals surface area contributed by atoms with Crippen molar-refractivity contribution in [2.45, 2.75) is 6.42 Å². The second-order valence-corrected chi connectivity index (χ2v) is 4.32. The molecule has 0 spiro atoms. The Bertz CT molecular complexity index is 672. The Balaban J connectivity index is 1.93. The average molecular weight is 248 g/mol. The van der Waals surface area contributed by atoms with Gasteiger partial charge in [-0.2, -0.15) is 5.11 Å². The van der Waals surface area contributed by atoms with Crippen molar-refractivity contribution in [3.63, 3.8) is 0 Å². The maximum Gasteiger partial charge on any atom is 0.212 e. The van der Waals surface area contributed by atoms with Crippen LogP contribution in [-0.2, 0) is 6.42 Å². The van der Waals surface area contributed by atoms with Gasteiger partial charge in [0.2, 0.25) is 5.78 Å². The summed E-state index contributed by atoms with van der Waals surface area (Å²) in [5.41, 5.74) is 2.96. The molecule has 19 heavy (non-hydrogen) atoms. The summed E-state index contributed by atoms with van der Waals surface area (Å²) < 4.78 is 0. The molecule has 0 aliphatic carbocycles. The third-order valence-electron chi connectivity index (χ3n) is 3.04. The minimum atomic E-state index is -0.0860. The molecule has 0 amide bonds. The molecule has 0 atom stereocenters. The van der Waals surface area contributed by atoms with Crippen LogP contribution in [0.1, 0.15) is 15.9 Å². The number of hydrogen-bond acceptors (Lipinski definition) is 3. The van der Waals surface area contributed by atoms with Crippen molar-refractivity contribution in [3.05, 3.63) is 77.5 Å². The molecule has 2 aromatic carbocycles. The molecule has 0 N–H and O–H groups in total. The highest BCUT2D eigenvalue weighted by Gasteiger charge is 2.14. The summed E-state index contributed by atoms with van der Waals surface area (Å²) in [6.45, 7) is 0. The molecular formula is C16H12N2O. The molecule has 1 aliphatic rings. The van der Waals surface area contributed by atoms with Gasteiger partial charge in [0, 0.05) is 5.56 Å². The Labute approximate surface area is 111 Å². The monoisotopic (exact) mass is 248 g/mol. The second-order valence-electron chi connectivity index (χ2n) is 4.32.